The first-order valence-corrected chi connectivity index (χ1v) is 6.07. The number of fused-ring (bicyclic) bond motifs is 1. The van der Waals surface area contributed by atoms with E-state index < -0.39 is 0 Å². The molecule has 0 aromatic heterocycles. The maximum Gasteiger partial charge on any atom is 0.236 e. The van der Waals surface area contributed by atoms with E-state index in [0.717, 1.165) is 19.5 Å². The number of rotatable bonds is 2. The lowest BCUT2D eigenvalue weighted by atomic mass is 9.98. The molecule has 0 unspecified atom stereocenters. The van der Waals surface area contributed by atoms with Crippen LogP contribution in [-0.2, 0) is 17.8 Å². The van der Waals surface area contributed by atoms with Crippen molar-refractivity contribution in [1.29, 1.82) is 0 Å². The molecule has 1 aliphatic heterocycles. The van der Waals surface area contributed by atoms with Gasteiger partial charge in [-0.25, -0.2) is 0 Å². The first-order valence-electron chi connectivity index (χ1n) is 6.07. The van der Waals surface area contributed by atoms with Crippen LogP contribution in [0, 0.1) is 6.92 Å². The molecule has 3 nitrogen and oxygen atoms in total. The maximum absolute atomic E-state index is 11.7. The normalized spacial score (nSPS) is 15.5. The van der Waals surface area contributed by atoms with Crippen molar-refractivity contribution in [2.24, 2.45) is 0 Å². The lowest BCUT2D eigenvalue weighted by Crippen LogP contribution is -2.39. The molecule has 1 amide bonds. The van der Waals surface area contributed by atoms with E-state index >= 15 is 0 Å². The van der Waals surface area contributed by atoms with Crippen molar-refractivity contribution in [2.45, 2.75) is 19.9 Å². The van der Waals surface area contributed by atoms with Crippen LogP contribution in [0.4, 0.5) is 0 Å². The van der Waals surface area contributed by atoms with Crippen LogP contribution < -0.4 is 0 Å². The van der Waals surface area contributed by atoms with Crippen LogP contribution in [-0.4, -0.2) is 42.9 Å². The molecule has 92 valence electrons. The number of amides is 1. The van der Waals surface area contributed by atoms with Crippen LogP contribution in [0.25, 0.3) is 0 Å². The smallest absolute Gasteiger partial charge is 0.236 e. The van der Waals surface area contributed by atoms with E-state index in [0.29, 0.717) is 6.54 Å². The fourth-order valence-corrected chi connectivity index (χ4v) is 2.21. The quantitative estimate of drug-likeness (QED) is 0.770. The van der Waals surface area contributed by atoms with Gasteiger partial charge < -0.3 is 4.90 Å². The van der Waals surface area contributed by atoms with Gasteiger partial charge in [0.15, 0.2) is 0 Å². The minimum absolute atomic E-state index is 0.182. The molecular weight excluding hydrogens is 212 g/mol. The van der Waals surface area contributed by atoms with Gasteiger partial charge in [0.25, 0.3) is 0 Å². The molecule has 1 aliphatic rings. The third kappa shape index (κ3) is 2.86. The maximum atomic E-state index is 11.7. The van der Waals surface area contributed by atoms with Gasteiger partial charge >= 0.3 is 0 Å². The van der Waals surface area contributed by atoms with Gasteiger partial charge in [-0.3, -0.25) is 9.69 Å². The summed E-state index contributed by atoms with van der Waals surface area (Å²) in [6, 6.07) is 6.62. The van der Waals surface area contributed by atoms with E-state index in [4.69, 9.17) is 0 Å². The lowest BCUT2D eigenvalue weighted by molar-refractivity contribution is -0.130. The summed E-state index contributed by atoms with van der Waals surface area (Å²) < 4.78 is 0. The number of carbonyl (C=O) groups is 1. The van der Waals surface area contributed by atoms with Gasteiger partial charge in [0.1, 0.15) is 0 Å². The zero-order chi connectivity index (χ0) is 12.4. The molecule has 1 aromatic carbocycles. The molecule has 17 heavy (non-hydrogen) atoms. The zero-order valence-corrected chi connectivity index (χ0v) is 10.9. The standard InChI is InChI=1S/C14H20N2O/c1-11-4-5-12-6-7-16(9-13(12)8-11)10-14(17)15(2)3/h4-5,8H,6-7,9-10H2,1-3H3. The highest BCUT2D eigenvalue weighted by atomic mass is 16.2. The Bertz CT molecular complexity index is 426. The van der Waals surface area contributed by atoms with E-state index in [-0.39, 0.29) is 5.91 Å². The number of carbonyl (C=O) groups excluding carboxylic acids is 1. The van der Waals surface area contributed by atoms with E-state index in [2.05, 4.69) is 30.0 Å². The second kappa shape index (κ2) is 4.88. The number of aryl methyl sites for hydroxylation is 1. The summed E-state index contributed by atoms with van der Waals surface area (Å²) in [6.07, 6.45) is 1.05. The van der Waals surface area contributed by atoms with Gasteiger partial charge in [-0.2, -0.15) is 0 Å². The minimum atomic E-state index is 0.182. The van der Waals surface area contributed by atoms with Crippen molar-refractivity contribution >= 4 is 5.91 Å². The predicted molar refractivity (Wildman–Crippen MR) is 68.9 cm³/mol. The van der Waals surface area contributed by atoms with Crippen LogP contribution in [0.2, 0.25) is 0 Å². The van der Waals surface area contributed by atoms with Crippen LogP contribution in [0.3, 0.4) is 0 Å². The zero-order valence-electron chi connectivity index (χ0n) is 10.9. The van der Waals surface area contributed by atoms with E-state index in [9.17, 15) is 4.79 Å². The number of hydrogen-bond donors (Lipinski definition) is 0. The van der Waals surface area contributed by atoms with E-state index in [1.807, 2.05) is 14.1 Å². The summed E-state index contributed by atoms with van der Waals surface area (Å²) in [6.45, 7) is 4.52. The Morgan fingerprint density at radius 3 is 2.82 bits per heavy atom. The molecule has 0 spiro atoms. The molecule has 0 atom stereocenters. The Hall–Kier alpha value is -1.35. The van der Waals surface area contributed by atoms with Crippen molar-refractivity contribution < 1.29 is 4.79 Å². The molecule has 0 radical (unpaired) electrons. The Kier molecular flexibility index (Phi) is 3.48. The van der Waals surface area contributed by atoms with Gasteiger partial charge in [-0.1, -0.05) is 23.8 Å². The summed E-state index contributed by atoms with van der Waals surface area (Å²) in [5.74, 6) is 0.182. The summed E-state index contributed by atoms with van der Waals surface area (Å²) >= 11 is 0. The second-order valence-electron chi connectivity index (χ2n) is 5.02. The van der Waals surface area contributed by atoms with Crippen molar-refractivity contribution in [3.63, 3.8) is 0 Å². The topological polar surface area (TPSA) is 23.6 Å². The fraction of sp³-hybridized carbons (Fsp3) is 0.500. The average molecular weight is 232 g/mol. The third-order valence-electron chi connectivity index (χ3n) is 3.31. The van der Waals surface area contributed by atoms with Crippen molar-refractivity contribution in [3.8, 4) is 0 Å². The number of nitrogens with zero attached hydrogens (tertiary/aromatic N) is 2. The fourth-order valence-electron chi connectivity index (χ4n) is 2.21. The monoisotopic (exact) mass is 232 g/mol. The highest BCUT2D eigenvalue weighted by Crippen LogP contribution is 2.19. The van der Waals surface area contributed by atoms with E-state index in [1.165, 1.54) is 16.7 Å². The predicted octanol–water partition coefficient (Wildman–Crippen LogP) is 1.44. The van der Waals surface area contributed by atoms with Crippen molar-refractivity contribution in [2.75, 3.05) is 27.2 Å². The van der Waals surface area contributed by atoms with Gasteiger partial charge in [0.05, 0.1) is 6.54 Å². The number of benzene rings is 1. The Labute approximate surface area is 103 Å². The van der Waals surface area contributed by atoms with Crippen LogP contribution in [0.1, 0.15) is 16.7 Å². The Morgan fingerprint density at radius 1 is 1.35 bits per heavy atom. The van der Waals surface area contributed by atoms with Crippen LogP contribution >= 0.6 is 0 Å². The van der Waals surface area contributed by atoms with Crippen molar-refractivity contribution in [3.05, 3.63) is 34.9 Å². The summed E-state index contributed by atoms with van der Waals surface area (Å²) in [4.78, 5) is 15.6. The molecule has 0 N–H and O–H groups in total. The third-order valence-corrected chi connectivity index (χ3v) is 3.31. The molecule has 1 heterocycles. The van der Waals surface area contributed by atoms with Crippen LogP contribution in [0.15, 0.2) is 18.2 Å². The molecule has 0 aliphatic carbocycles. The van der Waals surface area contributed by atoms with Crippen LogP contribution in [0.5, 0.6) is 0 Å². The molecule has 0 saturated carbocycles. The highest BCUT2D eigenvalue weighted by Gasteiger charge is 2.18. The summed E-state index contributed by atoms with van der Waals surface area (Å²) in [7, 11) is 3.62. The Balaban J connectivity index is 2.05. The molecule has 0 fully saturated rings. The van der Waals surface area contributed by atoms with Gasteiger partial charge in [0, 0.05) is 27.2 Å². The largest absolute Gasteiger partial charge is 0.348 e. The van der Waals surface area contributed by atoms with Gasteiger partial charge in [-0.05, 0) is 24.5 Å². The average Bonchev–Trinajstić information content (AvgIpc) is 2.28. The van der Waals surface area contributed by atoms with Gasteiger partial charge in [0.2, 0.25) is 5.91 Å². The van der Waals surface area contributed by atoms with Gasteiger partial charge in [-0.15, -0.1) is 0 Å². The first kappa shape index (κ1) is 12.1. The number of likely N-dealkylation sites (N-methyl/N-ethyl adjacent to an activating group) is 1. The molecule has 0 bridgehead atoms. The number of hydrogen-bond acceptors (Lipinski definition) is 2. The summed E-state index contributed by atoms with van der Waals surface area (Å²) in [5.41, 5.74) is 4.11. The molecule has 1 aromatic rings. The SMILES string of the molecule is Cc1ccc2c(c1)CN(CC(=O)N(C)C)CC2. The first-order chi connectivity index (χ1) is 8.06. The molecule has 0 saturated heterocycles. The minimum Gasteiger partial charge on any atom is -0.348 e. The van der Waals surface area contributed by atoms with E-state index in [1.54, 1.807) is 4.90 Å². The molecular formula is C14H20N2O. The Morgan fingerprint density at radius 2 is 2.12 bits per heavy atom. The van der Waals surface area contributed by atoms with Crippen molar-refractivity contribution in [1.82, 2.24) is 9.80 Å². The lowest BCUT2D eigenvalue weighted by Gasteiger charge is -2.29. The molecule has 3 heteroatoms. The highest BCUT2D eigenvalue weighted by molar-refractivity contribution is 5.77. The molecule has 2 rings (SSSR count). The second-order valence-corrected chi connectivity index (χ2v) is 5.02. The summed E-state index contributed by atoms with van der Waals surface area (Å²) in [5, 5.41) is 0.